The highest BCUT2D eigenvalue weighted by Crippen LogP contribution is 2.41. The molecule has 0 atom stereocenters. The van der Waals surface area contributed by atoms with Gasteiger partial charge in [-0.2, -0.15) is 0 Å². The van der Waals surface area contributed by atoms with Gasteiger partial charge in [0.2, 0.25) is 0 Å². The Bertz CT molecular complexity index is 2840. The van der Waals surface area contributed by atoms with Crippen LogP contribution in [0.5, 0.6) is 0 Å². The fourth-order valence-corrected chi connectivity index (χ4v) is 7.34. The zero-order valence-corrected chi connectivity index (χ0v) is 27.8. The number of nitrogens with zero attached hydrogens (tertiary/aromatic N) is 3. The summed E-state index contributed by atoms with van der Waals surface area (Å²) < 4.78 is 6.85. The molecule has 7 aromatic carbocycles. The van der Waals surface area contributed by atoms with E-state index in [1.807, 2.05) is 60.7 Å². The number of furan rings is 1. The van der Waals surface area contributed by atoms with Crippen molar-refractivity contribution in [2.75, 3.05) is 0 Å². The summed E-state index contributed by atoms with van der Waals surface area (Å²) in [6, 6.07) is 52.9. The van der Waals surface area contributed by atoms with Crippen molar-refractivity contribution in [3.8, 4) is 56.4 Å². The van der Waals surface area contributed by atoms with Crippen molar-refractivity contribution in [2.45, 2.75) is 12.8 Å². The van der Waals surface area contributed by atoms with Crippen LogP contribution in [-0.2, 0) is 0 Å². The van der Waals surface area contributed by atoms with Gasteiger partial charge in [0.15, 0.2) is 17.5 Å². The molecule has 4 heteroatoms. The lowest BCUT2D eigenvalue weighted by Crippen LogP contribution is -2.25. The summed E-state index contributed by atoms with van der Waals surface area (Å²) in [5.74, 6) is 1.88. The summed E-state index contributed by atoms with van der Waals surface area (Å²) in [5, 5.41) is 6.99. The number of benzene rings is 7. The van der Waals surface area contributed by atoms with E-state index in [1.54, 1.807) is 0 Å². The molecule has 0 fully saturated rings. The Balaban J connectivity index is 1.19. The molecule has 0 amide bonds. The highest BCUT2D eigenvalue weighted by atomic mass is 16.3. The fraction of sp³-hybridized carbons (Fsp3) is 0.0426. The van der Waals surface area contributed by atoms with Gasteiger partial charge in [-0.15, -0.1) is 0 Å². The topological polar surface area (TPSA) is 51.8 Å². The highest BCUT2D eigenvalue weighted by molar-refractivity contribution is 6.16. The van der Waals surface area contributed by atoms with Crippen molar-refractivity contribution in [3.63, 3.8) is 0 Å². The van der Waals surface area contributed by atoms with Crippen LogP contribution in [0.15, 0.2) is 156 Å². The van der Waals surface area contributed by atoms with Gasteiger partial charge in [0, 0.05) is 33.0 Å². The third-order valence-corrected chi connectivity index (χ3v) is 9.94. The molecule has 0 saturated carbocycles. The first-order valence-electron chi connectivity index (χ1n) is 17.4. The van der Waals surface area contributed by atoms with Crippen LogP contribution >= 0.6 is 0 Å². The van der Waals surface area contributed by atoms with E-state index in [1.165, 1.54) is 32.3 Å². The lowest BCUT2D eigenvalue weighted by atomic mass is 9.95. The van der Waals surface area contributed by atoms with Crippen molar-refractivity contribution < 1.29 is 4.42 Å². The number of hydrogen-bond donors (Lipinski definition) is 0. The van der Waals surface area contributed by atoms with Crippen molar-refractivity contribution >= 4 is 44.9 Å². The molecule has 10 rings (SSSR count). The van der Waals surface area contributed by atoms with Gasteiger partial charge in [0.1, 0.15) is 11.2 Å². The summed E-state index contributed by atoms with van der Waals surface area (Å²) in [7, 11) is 0. The van der Waals surface area contributed by atoms with Crippen LogP contribution < -0.4 is 10.4 Å². The van der Waals surface area contributed by atoms with Crippen molar-refractivity contribution in [2.24, 2.45) is 0 Å². The molecule has 0 aliphatic heterocycles. The van der Waals surface area contributed by atoms with E-state index in [0.29, 0.717) is 17.5 Å². The maximum Gasteiger partial charge on any atom is 0.164 e. The summed E-state index contributed by atoms with van der Waals surface area (Å²) in [4.78, 5) is 15.2. The maximum atomic E-state index is 6.85. The summed E-state index contributed by atoms with van der Waals surface area (Å²) in [5.41, 5.74) is 8.96. The molecule has 4 nitrogen and oxygen atoms in total. The van der Waals surface area contributed by atoms with E-state index in [-0.39, 0.29) is 0 Å². The summed E-state index contributed by atoms with van der Waals surface area (Å²) in [6.45, 7) is 0. The Kier molecular flexibility index (Phi) is 6.91. The quantitative estimate of drug-likeness (QED) is 0.185. The molecule has 0 spiro atoms. The molecule has 0 radical (unpaired) electrons. The van der Waals surface area contributed by atoms with E-state index in [2.05, 4.69) is 103 Å². The number of rotatable bonds is 5. The SMILES string of the molecule is C1=c2cc3oc4c(-c5ccc(-c6ccc7ccccc7c6)cc5)ccc(-c5nc(-c6ccccc6)nc(-c6ccccc6)n5)c4c3cc2=CCC1. The molecule has 2 aromatic heterocycles. The molecular formula is C47H31N3O. The second kappa shape index (κ2) is 12.0. The number of hydrogen-bond acceptors (Lipinski definition) is 4. The van der Waals surface area contributed by atoms with Gasteiger partial charge < -0.3 is 4.42 Å². The summed E-state index contributed by atoms with van der Waals surface area (Å²) in [6.07, 6.45) is 6.70. The Morgan fingerprint density at radius 1 is 0.412 bits per heavy atom. The highest BCUT2D eigenvalue weighted by Gasteiger charge is 2.21. The molecule has 0 unspecified atom stereocenters. The van der Waals surface area contributed by atoms with Crippen LogP contribution in [0, 0.1) is 0 Å². The Hall–Kier alpha value is -6.65. The smallest absolute Gasteiger partial charge is 0.164 e. The van der Waals surface area contributed by atoms with Crippen LogP contribution in [-0.4, -0.2) is 15.0 Å². The first kappa shape index (κ1) is 29.3. The average Bonchev–Trinajstić information content (AvgIpc) is 3.58. The normalized spacial score (nSPS) is 12.5. The zero-order chi connectivity index (χ0) is 33.7. The van der Waals surface area contributed by atoms with Crippen LogP contribution in [0.3, 0.4) is 0 Å². The maximum absolute atomic E-state index is 6.85. The first-order chi connectivity index (χ1) is 25.2. The van der Waals surface area contributed by atoms with E-state index >= 15 is 0 Å². The largest absolute Gasteiger partial charge is 0.455 e. The molecule has 0 saturated heterocycles. The molecule has 0 bridgehead atoms. The second-order valence-electron chi connectivity index (χ2n) is 13.1. The van der Waals surface area contributed by atoms with Gasteiger partial charge in [-0.05, 0) is 81.1 Å². The fourth-order valence-electron chi connectivity index (χ4n) is 7.34. The van der Waals surface area contributed by atoms with Crippen molar-refractivity contribution in [1.82, 2.24) is 15.0 Å². The Labute approximate surface area is 294 Å². The third-order valence-electron chi connectivity index (χ3n) is 9.94. The summed E-state index contributed by atoms with van der Waals surface area (Å²) >= 11 is 0. The predicted octanol–water partition coefficient (Wildman–Crippen LogP) is 10.6. The van der Waals surface area contributed by atoms with Crippen LogP contribution in [0.1, 0.15) is 12.8 Å². The van der Waals surface area contributed by atoms with Gasteiger partial charge >= 0.3 is 0 Å². The molecule has 240 valence electrons. The minimum Gasteiger partial charge on any atom is -0.455 e. The van der Waals surface area contributed by atoms with Crippen LogP contribution in [0.4, 0.5) is 0 Å². The van der Waals surface area contributed by atoms with Crippen LogP contribution in [0.2, 0.25) is 0 Å². The minimum absolute atomic E-state index is 0.613. The molecule has 51 heavy (non-hydrogen) atoms. The van der Waals surface area contributed by atoms with Crippen molar-refractivity contribution in [1.29, 1.82) is 0 Å². The molecule has 2 heterocycles. The number of fused-ring (bicyclic) bond motifs is 5. The average molecular weight is 654 g/mol. The van der Waals surface area contributed by atoms with Gasteiger partial charge in [0.25, 0.3) is 0 Å². The molecule has 1 aliphatic carbocycles. The van der Waals surface area contributed by atoms with Crippen LogP contribution in [0.25, 0.3) is 101 Å². The standard InChI is InChI=1S/C47H31N3O/c1-3-12-33(13-4-1)45-48-46(34-14-5-2-6-15-34)50-47(49-45)40-26-25-39(44-43(40)41-28-36-17-9-10-18-37(36)29-42(41)51-44)32-22-19-31(20-23-32)38-24-21-30-11-7-8-16-35(30)27-38/h1-8,11-29H,9-10H2. The van der Waals surface area contributed by atoms with E-state index in [9.17, 15) is 0 Å². The second-order valence-corrected chi connectivity index (χ2v) is 13.1. The minimum atomic E-state index is 0.613. The van der Waals surface area contributed by atoms with Gasteiger partial charge in [-0.3, -0.25) is 0 Å². The molecule has 9 aromatic rings. The van der Waals surface area contributed by atoms with Gasteiger partial charge in [-0.25, -0.2) is 15.0 Å². The Morgan fingerprint density at radius 2 is 0.980 bits per heavy atom. The zero-order valence-electron chi connectivity index (χ0n) is 27.8. The lowest BCUT2D eigenvalue weighted by Gasteiger charge is -2.11. The third kappa shape index (κ3) is 5.20. The van der Waals surface area contributed by atoms with Gasteiger partial charge in [0.05, 0.1) is 0 Å². The predicted molar refractivity (Wildman–Crippen MR) is 209 cm³/mol. The van der Waals surface area contributed by atoms with E-state index < -0.39 is 0 Å². The lowest BCUT2D eigenvalue weighted by molar-refractivity contribution is 0.669. The first-order valence-corrected chi connectivity index (χ1v) is 17.4. The number of aromatic nitrogens is 3. The molecule has 0 N–H and O–H groups in total. The monoisotopic (exact) mass is 653 g/mol. The van der Waals surface area contributed by atoms with Gasteiger partial charge in [-0.1, -0.05) is 133 Å². The Morgan fingerprint density at radius 3 is 1.69 bits per heavy atom. The van der Waals surface area contributed by atoms with Crippen molar-refractivity contribution in [3.05, 3.63) is 162 Å². The molecular weight excluding hydrogens is 623 g/mol. The van der Waals surface area contributed by atoms with E-state index in [4.69, 9.17) is 19.4 Å². The van der Waals surface area contributed by atoms with E-state index in [0.717, 1.165) is 62.6 Å². The molecule has 1 aliphatic rings.